The third-order valence-electron chi connectivity index (χ3n) is 4.35. The molecule has 6 heteroatoms. The summed E-state index contributed by atoms with van der Waals surface area (Å²) in [4.78, 5) is 8.42. The fraction of sp³-hybridized carbons (Fsp3) is 0.867. The van der Waals surface area contributed by atoms with Gasteiger partial charge >= 0.3 is 0 Å². The predicted octanol–water partition coefficient (Wildman–Crippen LogP) is 1.47. The van der Waals surface area contributed by atoms with Crippen LogP contribution < -0.4 is 5.73 Å². The average molecular weight is 295 g/mol. The first-order valence-corrected chi connectivity index (χ1v) is 8.14. The van der Waals surface area contributed by atoms with Gasteiger partial charge in [0.25, 0.3) is 0 Å². The maximum atomic E-state index is 8.13. The summed E-state index contributed by atoms with van der Waals surface area (Å²) in [6.07, 6.45) is 4.70. The van der Waals surface area contributed by atoms with E-state index in [2.05, 4.69) is 16.8 Å². The molecule has 21 heavy (non-hydrogen) atoms. The van der Waals surface area contributed by atoms with E-state index in [-0.39, 0.29) is 0 Å². The van der Waals surface area contributed by atoms with Crippen molar-refractivity contribution in [1.29, 1.82) is 5.41 Å². The van der Waals surface area contributed by atoms with Crippen LogP contribution >= 0.6 is 0 Å². The van der Waals surface area contributed by atoms with Crippen molar-refractivity contribution in [3.05, 3.63) is 0 Å². The predicted molar refractivity (Wildman–Crippen MR) is 85.5 cm³/mol. The molecule has 2 heterocycles. The van der Waals surface area contributed by atoms with Crippen LogP contribution in [0.5, 0.6) is 0 Å². The number of hydrogen-bond donors (Lipinski definition) is 2. The monoisotopic (exact) mass is 295 g/mol. The van der Waals surface area contributed by atoms with Crippen molar-refractivity contribution in [2.75, 3.05) is 32.8 Å². The average Bonchev–Trinajstić information content (AvgIpc) is 2.48. The van der Waals surface area contributed by atoms with Gasteiger partial charge in [-0.3, -0.25) is 5.41 Å². The number of aliphatic imine (C=N–C) groups is 1. The molecule has 0 saturated carbocycles. The molecular formula is C15H29N5O. The van der Waals surface area contributed by atoms with Gasteiger partial charge in [-0.1, -0.05) is 6.92 Å². The van der Waals surface area contributed by atoms with Crippen molar-refractivity contribution in [3.63, 3.8) is 0 Å². The summed E-state index contributed by atoms with van der Waals surface area (Å²) in [7, 11) is 0. The third-order valence-corrected chi connectivity index (χ3v) is 4.35. The number of piperidine rings is 2. The molecule has 2 saturated heterocycles. The number of hydrogen-bond acceptors (Lipinski definition) is 2. The zero-order valence-corrected chi connectivity index (χ0v) is 13.3. The number of guanidine groups is 2. The smallest absolute Gasteiger partial charge is 0.221 e. The van der Waals surface area contributed by atoms with Crippen LogP contribution in [0.15, 0.2) is 4.99 Å². The highest BCUT2D eigenvalue weighted by atomic mass is 16.5. The fourth-order valence-electron chi connectivity index (χ4n) is 3.12. The Kier molecular flexibility index (Phi) is 5.85. The second-order valence-corrected chi connectivity index (χ2v) is 6.13. The number of rotatable bonds is 2. The molecule has 0 spiro atoms. The minimum atomic E-state index is 0.311. The number of ether oxygens (including phenoxy) is 1. The molecule has 0 amide bonds. The highest BCUT2D eigenvalue weighted by molar-refractivity contribution is 5.92. The van der Waals surface area contributed by atoms with Crippen LogP contribution in [0.25, 0.3) is 0 Å². The second-order valence-electron chi connectivity index (χ2n) is 6.13. The molecule has 0 bridgehead atoms. The topological polar surface area (TPSA) is 77.9 Å². The van der Waals surface area contributed by atoms with Gasteiger partial charge in [0.2, 0.25) is 5.96 Å². The van der Waals surface area contributed by atoms with E-state index in [1.54, 1.807) is 0 Å². The molecule has 6 nitrogen and oxygen atoms in total. The maximum Gasteiger partial charge on any atom is 0.221 e. The van der Waals surface area contributed by atoms with E-state index in [1.165, 1.54) is 6.42 Å². The van der Waals surface area contributed by atoms with E-state index in [0.29, 0.717) is 23.9 Å². The Bertz CT molecular complexity index is 376. The molecule has 0 aromatic carbocycles. The highest BCUT2D eigenvalue weighted by Gasteiger charge is 2.22. The van der Waals surface area contributed by atoms with Gasteiger partial charge in [0.1, 0.15) is 0 Å². The first-order valence-electron chi connectivity index (χ1n) is 8.14. The van der Waals surface area contributed by atoms with Crippen molar-refractivity contribution >= 4 is 11.9 Å². The van der Waals surface area contributed by atoms with E-state index >= 15 is 0 Å². The summed E-state index contributed by atoms with van der Waals surface area (Å²) in [5.74, 6) is 1.43. The Morgan fingerprint density at radius 3 is 2.57 bits per heavy atom. The van der Waals surface area contributed by atoms with Crippen LogP contribution in [0.4, 0.5) is 0 Å². The number of likely N-dealkylation sites (tertiary alicyclic amines) is 2. The Labute approximate surface area is 127 Å². The molecule has 2 aliphatic rings. The summed E-state index contributed by atoms with van der Waals surface area (Å²) < 4.78 is 5.64. The van der Waals surface area contributed by atoms with Crippen molar-refractivity contribution in [2.24, 2.45) is 16.6 Å². The SMILES string of the molecule is CCOC1CCN(C(N)=NC(=N)N2CCCC(C)C2)CC1. The van der Waals surface area contributed by atoms with Crippen molar-refractivity contribution in [3.8, 4) is 0 Å². The third kappa shape index (κ3) is 4.59. The summed E-state index contributed by atoms with van der Waals surface area (Å²) in [5.41, 5.74) is 6.08. The Morgan fingerprint density at radius 1 is 1.24 bits per heavy atom. The summed E-state index contributed by atoms with van der Waals surface area (Å²) in [6, 6.07) is 0. The van der Waals surface area contributed by atoms with Crippen LogP contribution in [-0.2, 0) is 4.74 Å². The zero-order valence-electron chi connectivity index (χ0n) is 13.3. The second kappa shape index (κ2) is 7.64. The Balaban J connectivity index is 1.84. The van der Waals surface area contributed by atoms with E-state index < -0.39 is 0 Å². The van der Waals surface area contributed by atoms with Gasteiger partial charge in [-0.2, -0.15) is 4.99 Å². The van der Waals surface area contributed by atoms with Crippen molar-refractivity contribution in [2.45, 2.75) is 45.6 Å². The highest BCUT2D eigenvalue weighted by Crippen LogP contribution is 2.16. The van der Waals surface area contributed by atoms with Crippen LogP contribution in [0.2, 0.25) is 0 Å². The first-order chi connectivity index (χ1) is 10.1. The lowest BCUT2D eigenvalue weighted by molar-refractivity contribution is 0.0267. The van der Waals surface area contributed by atoms with Gasteiger partial charge in [0.05, 0.1) is 6.10 Å². The molecule has 2 rings (SSSR count). The van der Waals surface area contributed by atoms with Gasteiger partial charge < -0.3 is 20.3 Å². The van der Waals surface area contributed by atoms with Crippen LogP contribution in [0, 0.1) is 11.3 Å². The minimum Gasteiger partial charge on any atom is -0.378 e. The molecule has 120 valence electrons. The Hall–Kier alpha value is -1.30. The minimum absolute atomic E-state index is 0.311. The molecule has 0 radical (unpaired) electrons. The van der Waals surface area contributed by atoms with E-state index in [4.69, 9.17) is 15.9 Å². The van der Waals surface area contributed by atoms with E-state index in [0.717, 1.165) is 52.0 Å². The lowest BCUT2D eigenvalue weighted by Gasteiger charge is -2.34. The van der Waals surface area contributed by atoms with Crippen LogP contribution in [-0.4, -0.2) is 60.6 Å². The molecule has 0 aliphatic carbocycles. The summed E-state index contributed by atoms with van der Waals surface area (Å²) in [5, 5.41) is 8.13. The van der Waals surface area contributed by atoms with Crippen LogP contribution in [0.1, 0.15) is 39.5 Å². The van der Waals surface area contributed by atoms with Crippen molar-refractivity contribution in [1.82, 2.24) is 9.80 Å². The number of nitrogens with zero attached hydrogens (tertiary/aromatic N) is 3. The molecule has 0 aromatic rings. The van der Waals surface area contributed by atoms with Crippen molar-refractivity contribution < 1.29 is 4.74 Å². The first kappa shape index (κ1) is 16.1. The molecule has 1 atom stereocenters. The molecule has 1 unspecified atom stereocenters. The molecule has 0 aromatic heterocycles. The van der Waals surface area contributed by atoms with Gasteiger partial charge in [-0.15, -0.1) is 0 Å². The van der Waals surface area contributed by atoms with Crippen LogP contribution in [0.3, 0.4) is 0 Å². The molecule has 2 fully saturated rings. The number of nitrogens with two attached hydrogens (primary N) is 1. The molecular weight excluding hydrogens is 266 g/mol. The van der Waals surface area contributed by atoms with E-state index in [1.807, 2.05) is 11.8 Å². The lowest BCUT2D eigenvalue weighted by atomic mass is 10.0. The normalized spacial score (nSPS) is 25.2. The standard InChI is InChI=1S/C15H29N5O/c1-3-21-13-6-9-19(10-7-13)14(16)18-15(17)20-8-4-5-12(2)11-20/h12-13H,3-11H2,1-2H3,(H3,16,17,18). The Morgan fingerprint density at radius 2 is 1.95 bits per heavy atom. The quantitative estimate of drug-likeness (QED) is 0.597. The fourth-order valence-corrected chi connectivity index (χ4v) is 3.12. The molecule has 2 aliphatic heterocycles. The number of nitrogens with one attached hydrogen (secondary N) is 1. The van der Waals surface area contributed by atoms with E-state index in [9.17, 15) is 0 Å². The largest absolute Gasteiger partial charge is 0.378 e. The summed E-state index contributed by atoms with van der Waals surface area (Å²) >= 11 is 0. The summed E-state index contributed by atoms with van der Waals surface area (Å²) in [6.45, 7) is 8.60. The molecule has 3 N–H and O–H groups in total. The van der Waals surface area contributed by atoms with Gasteiger partial charge in [0, 0.05) is 32.8 Å². The van der Waals surface area contributed by atoms with Gasteiger partial charge in [-0.05, 0) is 38.5 Å². The zero-order chi connectivity index (χ0) is 15.2. The maximum absolute atomic E-state index is 8.13. The van der Waals surface area contributed by atoms with Gasteiger partial charge in [-0.25, -0.2) is 0 Å². The lowest BCUT2D eigenvalue weighted by Crippen LogP contribution is -2.46. The van der Waals surface area contributed by atoms with Gasteiger partial charge in [0.15, 0.2) is 5.96 Å².